The van der Waals surface area contributed by atoms with Gasteiger partial charge in [-0.05, 0) is 19.1 Å². The maximum absolute atomic E-state index is 12.4. The Kier molecular flexibility index (Phi) is 4.30. The maximum Gasteiger partial charge on any atom is 0.472 e. The van der Waals surface area contributed by atoms with E-state index in [0.29, 0.717) is 0 Å². The van der Waals surface area contributed by atoms with E-state index in [1.54, 1.807) is 6.07 Å². The second-order valence-electron chi connectivity index (χ2n) is 3.17. The van der Waals surface area contributed by atoms with Crippen LogP contribution in [0.1, 0.15) is 6.92 Å². The van der Waals surface area contributed by atoms with Gasteiger partial charge in [-0.1, -0.05) is 18.2 Å². The minimum Gasteiger partial charge on any atom is -0.449 e. The van der Waals surface area contributed by atoms with Gasteiger partial charge < -0.3 is 4.74 Å². The smallest absolute Gasteiger partial charge is 0.449 e. The molecule has 0 bridgehead atoms. The Hall–Kier alpha value is -2.05. The van der Waals surface area contributed by atoms with Crippen LogP contribution in [-0.2, 0) is 9.53 Å². The lowest BCUT2D eigenvalue weighted by Gasteiger charge is -2.20. The van der Waals surface area contributed by atoms with Crippen LogP contribution < -0.4 is 4.90 Å². The van der Waals surface area contributed by atoms with Crippen molar-refractivity contribution in [3.05, 3.63) is 30.3 Å². The molecule has 0 spiro atoms. The van der Waals surface area contributed by atoms with Gasteiger partial charge in [-0.3, -0.25) is 4.79 Å². The topological polar surface area (TPSA) is 46.6 Å². The van der Waals surface area contributed by atoms with Gasteiger partial charge in [0, 0.05) is 0 Å². The molecule has 0 heterocycles. The van der Waals surface area contributed by atoms with Crippen LogP contribution in [0.25, 0.3) is 0 Å². The Morgan fingerprint density at radius 3 is 2.22 bits per heavy atom. The highest BCUT2D eigenvalue weighted by Gasteiger charge is 2.46. The number of amides is 2. The molecule has 1 aromatic carbocycles. The molecule has 4 nitrogen and oxygen atoms in total. The highest BCUT2D eigenvalue weighted by atomic mass is 19.4. The molecule has 0 aliphatic rings. The molecule has 0 saturated heterocycles. The standard InChI is InChI=1S/C11H10F3NO3/c1-2-18-10(17)15(9(16)11(12,13)14)8-6-4-3-5-7-8/h3-7H,2H2,1H3. The van der Waals surface area contributed by atoms with Crippen LogP contribution in [0.4, 0.5) is 23.7 Å². The van der Waals surface area contributed by atoms with Crippen molar-refractivity contribution < 1.29 is 27.5 Å². The van der Waals surface area contributed by atoms with Gasteiger partial charge >= 0.3 is 18.2 Å². The molecule has 98 valence electrons. The first kappa shape index (κ1) is 14.0. The van der Waals surface area contributed by atoms with Gasteiger partial charge in [-0.25, -0.2) is 9.69 Å². The first-order valence-corrected chi connectivity index (χ1v) is 5.01. The summed E-state index contributed by atoms with van der Waals surface area (Å²) in [5, 5.41) is 0. The average molecular weight is 261 g/mol. The van der Waals surface area contributed by atoms with Gasteiger partial charge in [0.25, 0.3) is 0 Å². The number of anilines is 1. The van der Waals surface area contributed by atoms with Crippen LogP contribution in [-0.4, -0.2) is 24.8 Å². The van der Waals surface area contributed by atoms with Crippen LogP contribution in [0.15, 0.2) is 30.3 Å². The summed E-state index contributed by atoms with van der Waals surface area (Å²) in [5.74, 6) is -2.29. The van der Waals surface area contributed by atoms with E-state index in [1.807, 2.05) is 0 Å². The molecule has 1 aromatic rings. The Bertz CT molecular complexity index is 431. The second kappa shape index (κ2) is 5.52. The molecule has 0 unspecified atom stereocenters. The number of halogens is 3. The Morgan fingerprint density at radius 2 is 1.78 bits per heavy atom. The van der Waals surface area contributed by atoms with Crippen molar-refractivity contribution in [2.24, 2.45) is 0 Å². The van der Waals surface area contributed by atoms with Crippen LogP contribution in [0, 0.1) is 0 Å². The van der Waals surface area contributed by atoms with Crippen molar-refractivity contribution in [3.63, 3.8) is 0 Å². The molecule has 0 aliphatic carbocycles. The number of alkyl halides is 3. The number of hydrogen-bond donors (Lipinski definition) is 0. The van der Waals surface area contributed by atoms with Crippen molar-refractivity contribution in [2.45, 2.75) is 13.1 Å². The molecule has 1 rings (SSSR count). The number of nitrogens with zero attached hydrogens (tertiary/aromatic N) is 1. The average Bonchev–Trinajstić information content (AvgIpc) is 2.29. The Morgan fingerprint density at radius 1 is 1.22 bits per heavy atom. The van der Waals surface area contributed by atoms with E-state index in [0.717, 1.165) is 0 Å². The molecule has 0 N–H and O–H groups in total. The van der Waals surface area contributed by atoms with E-state index >= 15 is 0 Å². The quantitative estimate of drug-likeness (QED) is 0.822. The summed E-state index contributed by atoms with van der Waals surface area (Å²) < 4.78 is 41.6. The van der Waals surface area contributed by atoms with E-state index in [2.05, 4.69) is 4.74 Å². The summed E-state index contributed by atoms with van der Waals surface area (Å²) in [5.41, 5.74) is -0.196. The number of para-hydroxylation sites is 1. The summed E-state index contributed by atoms with van der Waals surface area (Å²) in [6.07, 6.45) is -6.51. The second-order valence-corrected chi connectivity index (χ2v) is 3.17. The minimum absolute atomic E-state index is 0.0382. The molecule has 0 radical (unpaired) electrons. The van der Waals surface area contributed by atoms with Gasteiger partial charge in [0.1, 0.15) is 0 Å². The van der Waals surface area contributed by atoms with Crippen molar-refractivity contribution in [3.8, 4) is 0 Å². The van der Waals surface area contributed by atoms with E-state index in [1.165, 1.54) is 31.2 Å². The first-order chi connectivity index (χ1) is 8.38. The van der Waals surface area contributed by atoms with Gasteiger partial charge in [-0.2, -0.15) is 13.2 Å². The fourth-order valence-corrected chi connectivity index (χ4v) is 1.20. The molecule has 2 amide bonds. The number of hydrogen-bond acceptors (Lipinski definition) is 3. The van der Waals surface area contributed by atoms with Crippen LogP contribution in [0.5, 0.6) is 0 Å². The molecule has 0 aromatic heterocycles. The van der Waals surface area contributed by atoms with E-state index in [4.69, 9.17) is 0 Å². The number of ether oxygens (including phenoxy) is 1. The zero-order chi connectivity index (χ0) is 13.8. The zero-order valence-electron chi connectivity index (χ0n) is 9.40. The zero-order valence-corrected chi connectivity index (χ0v) is 9.40. The van der Waals surface area contributed by atoms with Crippen molar-refractivity contribution in [2.75, 3.05) is 11.5 Å². The summed E-state index contributed by atoms with van der Waals surface area (Å²) in [4.78, 5) is 22.6. The number of imide groups is 1. The summed E-state index contributed by atoms with van der Waals surface area (Å²) in [7, 11) is 0. The monoisotopic (exact) mass is 261 g/mol. The van der Waals surface area contributed by atoms with E-state index < -0.39 is 18.2 Å². The van der Waals surface area contributed by atoms with Gasteiger partial charge in [-0.15, -0.1) is 0 Å². The Labute approximate surface area is 101 Å². The fourth-order valence-electron chi connectivity index (χ4n) is 1.20. The normalized spacial score (nSPS) is 10.9. The molecule has 0 atom stereocenters. The van der Waals surface area contributed by atoms with E-state index in [9.17, 15) is 22.8 Å². The van der Waals surface area contributed by atoms with Gasteiger partial charge in [0.05, 0.1) is 12.3 Å². The number of rotatable bonds is 2. The van der Waals surface area contributed by atoms with E-state index in [-0.39, 0.29) is 17.2 Å². The fraction of sp³-hybridized carbons (Fsp3) is 0.273. The number of benzene rings is 1. The van der Waals surface area contributed by atoms with Crippen molar-refractivity contribution >= 4 is 17.7 Å². The Balaban J connectivity index is 3.12. The molecular formula is C11H10F3NO3. The molecular weight excluding hydrogens is 251 g/mol. The third-order valence-electron chi connectivity index (χ3n) is 1.91. The first-order valence-electron chi connectivity index (χ1n) is 5.01. The summed E-state index contributed by atoms with van der Waals surface area (Å²) in [6.45, 7) is 1.30. The number of carbonyl (C=O) groups is 2. The molecule has 7 heteroatoms. The molecule has 0 fully saturated rings. The molecule has 0 aliphatic heterocycles. The summed E-state index contributed by atoms with van der Waals surface area (Å²) >= 11 is 0. The SMILES string of the molecule is CCOC(=O)N(C(=O)C(F)(F)F)c1ccccc1. The third-order valence-corrected chi connectivity index (χ3v) is 1.91. The lowest BCUT2D eigenvalue weighted by Crippen LogP contribution is -2.45. The van der Waals surface area contributed by atoms with Crippen LogP contribution in [0.3, 0.4) is 0 Å². The van der Waals surface area contributed by atoms with Crippen molar-refractivity contribution in [1.82, 2.24) is 0 Å². The lowest BCUT2D eigenvalue weighted by atomic mass is 10.3. The lowest BCUT2D eigenvalue weighted by molar-refractivity contribution is -0.169. The van der Waals surface area contributed by atoms with Crippen LogP contribution >= 0.6 is 0 Å². The highest BCUT2D eigenvalue weighted by Crippen LogP contribution is 2.24. The molecule has 18 heavy (non-hydrogen) atoms. The van der Waals surface area contributed by atoms with Gasteiger partial charge in [0.15, 0.2) is 0 Å². The predicted molar refractivity (Wildman–Crippen MR) is 57.0 cm³/mol. The maximum atomic E-state index is 12.4. The molecule has 0 saturated carbocycles. The largest absolute Gasteiger partial charge is 0.472 e. The summed E-state index contributed by atoms with van der Waals surface area (Å²) in [6, 6.07) is 6.78. The third kappa shape index (κ3) is 3.22. The number of carbonyl (C=O) groups excluding carboxylic acids is 2. The predicted octanol–water partition coefficient (Wildman–Crippen LogP) is 2.74. The van der Waals surface area contributed by atoms with Crippen LogP contribution in [0.2, 0.25) is 0 Å². The minimum atomic E-state index is -5.15. The highest BCUT2D eigenvalue weighted by molar-refractivity contribution is 6.14. The van der Waals surface area contributed by atoms with Crippen molar-refractivity contribution in [1.29, 1.82) is 0 Å². The van der Waals surface area contributed by atoms with Gasteiger partial charge in [0.2, 0.25) is 0 Å².